The molecule has 296 valence electrons. The number of piperazine rings is 1. The smallest absolute Gasteiger partial charge is 0.264 e. The number of nitrogens with one attached hydrogen (secondary N) is 1. The molecule has 1 N–H and O–H groups in total. The van der Waals surface area contributed by atoms with Crippen molar-refractivity contribution >= 4 is 33.2 Å². The molecule has 2 saturated heterocycles. The van der Waals surface area contributed by atoms with Crippen LogP contribution in [0.15, 0.2) is 49.1 Å². The molecule has 0 spiro atoms. The van der Waals surface area contributed by atoms with Crippen LogP contribution in [0.2, 0.25) is 5.02 Å². The van der Waals surface area contributed by atoms with Crippen molar-refractivity contribution in [2.45, 2.75) is 88.7 Å². The molecule has 3 fully saturated rings. The molecule has 2 bridgehead atoms. The molecule has 2 aromatic rings. The van der Waals surface area contributed by atoms with Gasteiger partial charge in [0.15, 0.2) is 0 Å². The first kappa shape index (κ1) is 39.6. The topological polar surface area (TPSA) is 101 Å². The van der Waals surface area contributed by atoms with Crippen molar-refractivity contribution in [1.82, 2.24) is 14.5 Å². The van der Waals surface area contributed by atoms with Gasteiger partial charge >= 0.3 is 0 Å². The third kappa shape index (κ3) is 8.82. The van der Waals surface area contributed by atoms with Crippen LogP contribution in [0.4, 0.5) is 5.69 Å². The Labute approximate surface area is 327 Å². The van der Waals surface area contributed by atoms with E-state index in [1.807, 2.05) is 43.3 Å². The largest absolute Gasteiger partial charge is 0.487 e. The van der Waals surface area contributed by atoms with Crippen molar-refractivity contribution in [3.63, 3.8) is 0 Å². The number of aryl methyl sites for hydroxylation is 1. The van der Waals surface area contributed by atoms with Gasteiger partial charge in [0.05, 0.1) is 36.4 Å². The Bertz CT molecular complexity index is 1760. The van der Waals surface area contributed by atoms with E-state index >= 15 is 0 Å². The maximum atomic E-state index is 13.7. The quantitative estimate of drug-likeness (QED) is 0.350. The maximum Gasteiger partial charge on any atom is 0.264 e. The standard InChI is InChI=1S/C42H59ClN4O6S/c1-4-21-53-42(29-45-18-19-46-20-22-51-28-37(46)26-45)16-7-8-30(2)31(3)54(49,50)44-41(48)33-12-15-40-39(24-33)47(25-34-11-14-38(34)42)17-6-5-9-32-23-36(43)13-10-35(32)27-52-40/h4,10,12-13,15,23-24,30-31,34,37-38H,1,5-9,11,14,16-22,25-29H2,2-3H3,(H,44,48)/t30-,31+,34-,37-,38+,42-/m0/s1. The lowest BCUT2D eigenvalue weighted by molar-refractivity contribution is -0.150. The van der Waals surface area contributed by atoms with Crippen LogP contribution < -0.4 is 14.4 Å². The number of benzene rings is 2. The summed E-state index contributed by atoms with van der Waals surface area (Å²) in [7, 11) is -3.95. The molecule has 0 aromatic heterocycles. The fourth-order valence-corrected chi connectivity index (χ4v) is 11.1. The minimum absolute atomic E-state index is 0.158. The van der Waals surface area contributed by atoms with Crippen molar-refractivity contribution in [2.75, 3.05) is 70.5 Å². The van der Waals surface area contributed by atoms with Crippen LogP contribution in [-0.2, 0) is 32.5 Å². The zero-order valence-corrected chi connectivity index (χ0v) is 33.7. The van der Waals surface area contributed by atoms with Crippen molar-refractivity contribution in [3.05, 3.63) is 70.8 Å². The minimum Gasteiger partial charge on any atom is -0.487 e. The highest BCUT2D eigenvalue weighted by Gasteiger charge is 2.50. The van der Waals surface area contributed by atoms with Crippen LogP contribution in [0.1, 0.15) is 80.3 Å². The first-order valence-electron chi connectivity index (χ1n) is 20.2. The van der Waals surface area contributed by atoms with Crippen LogP contribution in [-0.4, -0.2) is 107 Å². The number of morpholine rings is 1. The number of carbonyl (C=O) groups excluding carboxylic acids is 1. The third-order valence-corrected chi connectivity index (χ3v) is 15.2. The van der Waals surface area contributed by atoms with Gasteiger partial charge in [-0.05, 0) is 111 Å². The van der Waals surface area contributed by atoms with E-state index in [2.05, 4.69) is 26.0 Å². The summed E-state index contributed by atoms with van der Waals surface area (Å²) < 4.78 is 49.4. The van der Waals surface area contributed by atoms with E-state index in [4.69, 9.17) is 25.8 Å². The van der Waals surface area contributed by atoms with Crippen LogP contribution in [0.25, 0.3) is 0 Å². The molecule has 1 aliphatic carbocycles. The van der Waals surface area contributed by atoms with Gasteiger partial charge in [0.2, 0.25) is 10.0 Å². The predicted molar refractivity (Wildman–Crippen MR) is 214 cm³/mol. The number of fused-ring (bicyclic) bond motifs is 4. The van der Waals surface area contributed by atoms with Gasteiger partial charge in [-0.2, -0.15) is 0 Å². The SMILES string of the molecule is C=CCO[C@]1(CN2CCN3CCOC[C@@H]3C2)CCC[C@H](C)[C@@H](C)S(=O)(=O)NC(=O)c2ccc3c(c2)N(CCCCc2cc(Cl)ccc2CO3)C[C@@H]2CC[C@H]21. The van der Waals surface area contributed by atoms with Gasteiger partial charge in [0.1, 0.15) is 12.4 Å². The Balaban J connectivity index is 1.25. The summed E-state index contributed by atoms with van der Waals surface area (Å²) in [5.74, 6) is 0.584. The molecule has 4 aliphatic heterocycles. The van der Waals surface area contributed by atoms with Gasteiger partial charge in [-0.25, -0.2) is 13.1 Å². The van der Waals surface area contributed by atoms with Crippen LogP contribution >= 0.6 is 11.6 Å². The minimum atomic E-state index is -3.95. The zero-order valence-electron chi connectivity index (χ0n) is 32.1. The van der Waals surface area contributed by atoms with Crippen molar-refractivity contribution in [2.24, 2.45) is 17.8 Å². The number of anilines is 1. The Hall–Kier alpha value is -2.67. The summed E-state index contributed by atoms with van der Waals surface area (Å²) in [5, 5.41) is -0.0292. The molecule has 0 unspecified atom stereocenters. The monoisotopic (exact) mass is 782 g/mol. The Morgan fingerprint density at radius 3 is 2.70 bits per heavy atom. The number of hydrogen-bond acceptors (Lipinski definition) is 9. The molecular formula is C42H59ClN4O6S. The summed E-state index contributed by atoms with van der Waals surface area (Å²) in [6, 6.07) is 11.7. The summed E-state index contributed by atoms with van der Waals surface area (Å²) >= 11 is 6.42. The Morgan fingerprint density at radius 1 is 1.02 bits per heavy atom. The molecule has 1 saturated carbocycles. The first-order chi connectivity index (χ1) is 26.0. The highest BCUT2D eigenvalue weighted by molar-refractivity contribution is 7.90. The number of amides is 1. The average Bonchev–Trinajstić information content (AvgIpc) is 3.17. The molecule has 4 heterocycles. The average molecular weight is 783 g/mol. The molecule has 6 atom stereocenters. The van der Waals surface area contributed by atoms with Crippen LogP contribution in [0.3, 0.4) is 0 Å². The Kier molecular flexibility index (Phi) is 12.6. The van der Waals surface area contributed by atoms with E-state index in [-0.39, 0.29) is 5.92 Å². The second-order valence-electron chi connectivity index (χ2n) is 16.4. The summed E-state index contributed by atoms with van der Waals surface area (Å²) in [4.78, 5) is 21.2. The van der Waals surface area contributed by atoms with Crippen LogP contribution in [0.5, 0.6) is 5.75 Å². The number of rotatable bonds is 5. The molecule has 2 aromatic carbocycles. The third-order valence-electron chi connectivity index (χ3n) is 13.1. The zero-order chi connectivity index (χ0) is 37.9. The number of carbonyl (C=O) groups is 1. The summed E-state index contributed by atoms with van der Waals surface area (Å²) in [6.07, 6.45) is 9.23. The summed E-state index contributed by atoms with van der Waals surface area (Å²) in [5.41, 5.74) is 2.99. The normalized spacial score (nSPS) is 31.3. The molecule has 7 rings (SSSR count). The number of nitrogens with zero attached hydrogens (tertiary/aromatic N) is 3. The van der Waals surface area contributed by atoms with E-state index in [1.165, 1.54) is 5.56 Å². The maximum absolute atomic E-state index is 13.7. The van der Waals surface area contributed by atoms with E-state index in [9.17, 15) is 13.2 Å². The summed E-state index contributed by atoms with van der Waals surface area (Å²) in [6.45, 7) is 16.5. The van der Waals surface area contributed by atoms with Gasteiger partial charge in [-0.15, -0.1) is 6.58 Å². The van der Waals surface area contributed by atoms with E-state index in [0.717, 1.165) is 120 Å². The van der Waals surface area contributed by atoms with Gasteiger partial charge in [-0.3, -0.25) is 14.6 Å². The second kappa shape index (κ2) is 17.2. The lowest BCUT2D eigenvalue weighted by atomic mass is 9.62. The molecule has 0 radical (unpaired) electrons. The molecular weight excluding hydrogens is 724 g/mol. The molecule has 5 aliphatic rings. The number of ether oxygens (including phenoxy) is 3. The van der Waals surface area contributed by atoms with Gasteiger partial charge in [0, 0.05) is 62.4 Å². The number of hydrogen-bond donors (Lipinski definition) is 1. The molecule has 1 amide bonds. The van der Waals surface area contributed by atoms with E-state index in [1.54, 1.807) is 13.0 Å². The van der Waals surface area contributed by atoms with E-state index in [0.29, 0.717) is 48.8 Å². The van der Waals surface area contributed by atoms with E-state index < -0.39 is 26.8 Å². The first-order valence-corrected chi connectivity index (χ1v) is 22.1. The molecule has 10 nitrogen and oxygen atoms in total. The van der Waals surface area contributed by atoms with Crippen molar-refractivity contribution in [1.29, 1.82) is 0 Å². The Morgan fingerprint density at radius 2 is 1.89 bits per heavy atom. The van der Waals surface area contributed by atoms with Gasteiger partial charge in [-0.1, -0.05) is 37.1 Å². The molecule has 12 heteroatoms. The number of sulfonamides is 1. The second-order valence-corrected chi connectivity index (χ2v) is 18.9. The predicted octanol–water partition coefficient (Wildman–Crippen LogP) is 6.31. The lowest BCUT2D eigenvalue weighted by Gasteiger charge is -2.54. The number of halogens is 1. The van der Waals surface area contributed by atoms with Crippen LogP contribution in [0, 0.1) is 17.8 Å². The fraction of sp³-hybridized carbons (Fsp3) is 0.643. The molecule has 54 heavy (non-hydrogen) atoms. The highest BCUT2D eigenvalue weighted by Crippen LogP contribution is 2.48. The van der Waals surface area contributed by atoms with Crippen molar-refractivity contribution < 1.29 is 27.4 Å². The van der Waals surface area contributed by atoms with Crippen molar-refractivity contribution in [3.8, 4) is 5.75 Å². The lowest BCUT2D eigenvalue weighted by Crippen LogP contribution is -2.63. The highest BCUT2D eigenvalue weighted by atomic mass is 35.5. The fourth-order valence-electron chi connectivity index (χ4n) is 9.55. The van der Waals surface area contributed by atoms with Gasteiger partial charge < -0.3 is 19.1 Å². The van der Waals surface area contributed by atoms with Gasteiger partial charge in [0.25, 0.3) is 5.91 Å².